The Morgan fingerprint density at radius 1 is 1.00 bits per heavy atom. The third-order valence-electron chi connectivity index (χ3n) is 5.68. The second-order valence-electron chi connectivity index (χ2n) is 8.01. The van der Waals surface area contributed by atoms with E-state index in [1.807, 2.05) is 24.3 Å². The standard InChI is InChI=1S/C27H22N4O4S/c1-35-18-8-6-7-17(15-18)31-16-21(19-9-2-3-10-20(19)26(31)34)25(33)28-14-13-24(32)30-27-29-22-11-4-5-12-23(22)36-27/h2-12,15-16H,13-14H2,1H3,(H,28,33)(H,29,30,32). The molecule has 0 spiro atoms. The van der Waals surface area contributed by atoms with Crippen molar-refractivity contribution < 1.29 is 14.3 Å². The number of fused-ring (bicyclic) bond motifs is 2. The molecule has 8 nitrogen and oxygen atoms in total. The van der Waals surface area contributed by atoms with Crippen molar-refractivity contribution in [1.29, 1.82) is 0 Å². The molecule has 2 aromatic heterocycles. The first kappa shape index (κ1) is 23.3. The molecule has 0 aliphatic heterocycles. The van der Waals surface area contributed by atoms with Gasteiger partial charge in [0.15, 0.2) is 5.13 Å². The molecule has 9 heteroatoms. The maximum atomic E-state index is 13.2. The number of amides is 2. The number of nitrogens with zero attached hydrogens (tertiary/aromatic N) is 2. The van der Waals surface area contributed by atoms with Gasteiger partial charge in [0.05, 0.1) is 28.6 Å². The smallest absolute Gasteiger partial charge is 0.262 e. The van der Waals surface area contributed by atoms with Crippen LogP contribution in [0, 0.1) is 0 Å². The van der Waals surface area contributed by atoms with Gasteiger partial charge >= 0.3 is 0 Å². The van der Waals surface area contributed by atoms with E-state index in [-0.39, 0.29) is 30.3 Å². The fourth-order valence-corrected chi connectivity index (χ4v) is 4.80. The van der Waals surface area contributed by atoms with Gasteiger partial charge in [0.2, 0.25) is 5.91 Å². The zero-order chi connectivity index (χ0) is 25.1. The Labute approximate surface area is 210 Å². The van der Waals surface area contributed by atoms with Crippen LogP contribution in [0.2, 0.25) is 0 Å². The van der Waals surface area contributed by atoms with Crippen LogP contribution in [-0.2, 0) is 4.79 Å². The number of aromatic nitrogens is 2. The molecule has 2 heterocycles. The molecule has 0 unspecified atom stereocenters. The molecular weight excluding hydrogens is 476 g/mol. The Morgan fingerprint density at radius 2 is 1.78 bits per heavy atom. The summed E-state index contributed by atoms with van der Waals surface area (Å²) < 4.78 is 7.70. The molecule has 5 rings (SSSR count). The molecule has 0 atom stereocenters. The number of benzene rings is 3. The molecule has 36 heavy (non-hydrogen) atoms. The number of ether oxygens (including phenoxy) is 1. The molecule has 3 aromatic carbocycles. The molecule has 0 radical (unpaired) electrons. The summed E-state index contributed by atoms with van der Waals surface area (Å²) in [4.78, 5) is 43.1. The van der Waals surface area contributed by atoms with Crippen LogP contribution in [0.15, 0.2) is 83.8 Å². The summed E-state index contributed by atoms with van der Waals surface area (Å²) in [6.45, 7) is 0.127. The fraction of sp³-hybridized carbons (Fsp3) is 0.111. The summed E-state index contributed by atoms with van der Waals surface area (Å²) in [5.74, 6) is -0.0334. The van der Waals surface area contributed by atoms with Gasteiger partial charge in [0.1, 0.15) is 5.75 Å². The number of hydrogen-bond acceptors (Lipinski definition) is 6. The van der Waals surface area contributed by atoms with Crippen molar-refractivity contribution >= 4 is 49.3 Å². The predicted molar refractivity (Wildman–Crippen MR) is 141 cm³/mol. The zero-order valence-electron chi connectivity index (χ0n) is 19.4. The minimum Gasteiger partial charge on any atom is -0.497 e. The lowest BCUT2D eigenvalue weighted by Gasteiger charge is -2.13. The maximum Gasteiger partial charge on any atom is 0.262 e. The van der Waals surface area contributed by atoms with Gasteiger partial charge in [-0.1, -0.05) is 47.7 Å². The second kappa shape index (κ2) is 10.0. The number of pyridine rings is 1. The maximum absolute atomic E-state index is 13.2. The molecule has 2 N–H and O–H groups in total. The van der Waals surface area contributed by atoms with Crippen LogP contribution in [0.1, 0.15) is 16.8 Å². The summed E-state index contributed by atoms with van der Waals surface area (Å²) in [6.07, 6.45) is 1.60. The highest BCUT2D eigenvalue weighted by molar-refractivity contribution is 7.22. The highest BCUT2D eigenvalue weighted by Crippen LogP contribution is 2.25. The van der Waals surface area contributed by atoms with Crippen LogP contribution < -0.4 is 20.9 Å². The van der Waals surface area contributed by atoms with Gasteiger partial charge < -0.3 is 15.4 Å². The van der Waals surface area contributed by atoms with Crippen LogP contribution in [0.4, 0.5) is 5.13 Å². The van der Waals surface area contributed by atoms with Gasteiger partial charge in [-0.3, -0.25) is 19.0 Å². The van der Waals surface area contributed by atoms with Gasteiger partial charge in [0.25, 0.3) is 11.5 Å². The van der Waals surface area contributed by atoms with E-state index in [1.165, 1.54) is 22.1 Å². The van der Waals surface area contributed by atoms with Gasteiger partial charge in [-0.15, -0.1) is 0 Å². The lowest BCUT2D eigenvalue weighted by atomic mass is 10.1. The van der Waals surface area contributed by atoms with Crippen LogP contribution in [0.3, 0.4) is 0 Å². The molecule has 2 amide bonds. The summed E-state index contributed by atoms with van der Waals surface area (Å²) in [5, 5.41) is 7.06. The zero-order valence-corrected chi connectivity index (χ0v) is 20.2. The topological polar surface area (TPSA) is 102 Å². The van der Waals surface area contributed by atoms with Crippen molar-refractivity contribution in [2.45, 2.75) is 6.42 Å². The molecule has 0 aliphatic carbocycles. The summed E-state index contributed by atoms with van der Waals surface area (Å²) in [7, 11) is 1.55. The molecular formula is C27H22N4O4S. The first-order valence-electron chi connectivity index (χ1n) is 11.3. The Bertz CT molecular complexity index is 1620. The van der Waals surface area contributed by atoms with Crippen molar-refractivity contribution in [1.82, 2.24) is 14.9 Å². The SMILES string of the molecule is COc1cccc(-n2cc(C(=O)NCCC(=O)Nc3nc4ccccc4s3)c3ccccc3c2=O)c1. The van der Waals surface area contributed by atoms with Crippen LogP contribution in [-0.4, -0.2) is 35.0 Å². The minimum absolute atomic E-state index is 0.0785. The van der Waals surface area contributed by atoms with Crippen molar-refractivity contribution in [3.63, 3.8) is 0 Å². The number of carbonyl (C=O) groups is 2. The van der Waals surface area contributed by atoms with Gasteiger partial charge in [-0.05, 0) is 30.3 Å². The fourth-order valence-electron chi connectivity index (χ4n) is 3.92. The monoisotopic (exact) mass is 498 g/mol. The first-order chi connectivity index (χ1) is 17.5. The van der Waals surface area contributed by atoms with Crippen molar-refractivity contribution in [3.8, 4) is 11.4 Å². The number of anilines is 1. The van der Waals surface area contributed by atoms with Gasteiger partial charge in [-0.2, -0.15) is 0 Å². The Hall–Kier alpha value is -4.50. The van der Waals surface area contributed by atoms with Crippen LogP contribution in [0.5, 0.6) is 5.75 Å². The van der Waals surface area contributed by atoms with E-state index in [1.54, 1.807) is 55.6 Å². The predicted octanol–water partition coefficient (Wildman–Crippen LogP) is 4.37. The number of hydrogen-bond donors (Lipinski definition) is 2. The van der Waals surface area contributed by atoms with Crippen molar-refractivity contribution in [2.75, 3.05) is 19.0 Å². The third kappa shape index (κ3) is 4.69. The molecule has 0 aliphatic rings. The number of thiazole rings is 1. The van der Waals surface area contributed by atoms with E-state index < -0.39 is 0 Å². The second-order valence-corrected chi connectivity index (χ2v) is 9.04. The normalized spacial score (nSPS) is 10.9. The number of nitrogens with one attached hydrogen (secondary N) is 2. The highest BCUT2D eigenvalue weighted by atomic mass is 32.1. The number of para-hydroxylation sites is 1. The summed E-state index contributed by atoms with van der Waals surface area (Å²) in [5.41, 5.74) is 1.49. The number of rotatable bonds is 7. The Balaban J connectivity index is 1.34. The van der Waals surface area contributed by atoms with E-state index in [0.717, 1.165) is 10.2 Å². The van der Waals surface area contributed by atoms with Crippen LogP contribution >= 0.6 is 11.3 Å². The third-order valence-corrected chi connectivity index (χ3v) is 6.63. The van der Waals surface area contributed by atoms with Gasteiger partial charge in [0, 0.05) is 36.0 Å². The summed E-state index contributed by atoms with van der Waals surface area (Å²) >= 11 is 1.40. The Kier molecular flexibility index (Phi) is 6.46. The first-order valence-corrected chi connectivity index (χ1v) is 12.1. The summed E-state index contributed by atoms with van der Waals surface area (Å²) in [6, 6.07) is 21.7. The van der Waals surface area contributed by atoms with Gasteiger partial charge in [-0.25, -0.2) is 4.98 Å². The van der Waals surface area contributed by atoms with Crippen LogP contribution in [0.25, 0.3) is 26.7 Å². The quantitative estimate of drug-likeness (QED) is 0.347. The highest BCUT2D eigenvalue weighted by Gasteiger charge is 2.16. The molecule has 0 saturated heterocycles. The van der Waals surface area contributed by atoms with Crippen molar-refractivity contribution in [2.24, 2.45) is 0 Å². The lowest BCUT2D eigenvalue weighted by molar-refractivity contribution is -0.116. The van der Waals surface area contributed by atoms with E-state index in [9.17, 15) is 14.4 Å². The lowest BCUT2D eigenvalue weighted by Crippen LogP contribution is -2.29. The number of carbonyl (C=O) groups excluding carboxylic acids is 2. The Morgan fingerprint density at radius 3 is 2.58 bits per heavy atom. The average Bonchev–Trinajstić information content (AvgIpc) is 3.31. The molecule has 0 saturated carbocycles. The van der Waals surface area contributed by atoms with Crippen molar-refractivity contribution in [3.05, 3.63) is 94.9 Å². The van der Waals surface area contributed by atoms with E-state index in [4.69, 9.17) is 4.74 Å². The van der Waals surface area contributed by atoms with E-state index in [0.29, 0.717) is 32.9 Å². The molecule has 0 fully saturated rings. The van der Waals surface area contributed by atoms with E-state index in [2.05, 4.69) is 15.6 Å². The molecule has 5 aromatic rings. The molecule has 180 valence electrons. The number of methoxy groups -OCH3 is 1. The minimum atomic E-state index is -0.379. The average molecular weight is 499 g/mol. The molecule has 0 bridgehead atoms. The largest absolute Gasteiger partial charge is 0.497 e. The van der Waals surface area contributed by atoms with E-state index >= 15 is 0 Å².